The van der Waals surface area contributed by atoms with Crippen LogP contribution in [-0.2, 0) is 11.3 Å². The molecular formula is C8H12ClN3O. The van der Waals surface area contributed by atoms with E-state index in [2.05, 4.69) is 5.10 Å². The summed E-state index contributed by atoms with van der Waals surface area (Å²) in [6.45, 7) is 4.19. The molecule has 0 aliphatic carbocycles. The molecule has 0 saturated heterocycles. The minimum absolute atomic E-state index is 0.290. The molecule has 0 fully saturated rings. The van der Waals surface area contributed by atoms with Crippen LogP contribution in [-0.4, -0.2) is 15.7 Å². The summed E-state index contributed by atoms with van der Waals surface area (Å²) in [5, 5.41) is 4.82. The van der Waals surface area contributed by atoms with Crippen LogP contribution in [0.4, 0.5) is 0 Å². The van der Waals surface area contributed by atoms with Crippen molar-refractivity contribution < 1.29 is 4.79 Å². The monoisotopic (exact) mass is 201 g/mol. The molecule has 72 valence electrons. The van der Waals surface area contributed by atoms with Crippen LogP contribution in [0, 0.1) is 13.8 Å². The van der Waals surface area contributed by atoms with Gasteiger partial charge in [0.05, 0.1) is 23.0 Å². The third-order valence-electron chi connectivity index (χ3n) is 1.86. The summed E-state index contributed by atoms with van der Waals surface area (Å²) in [4.78, 5) is 10.5. The molecule has 0 aliphatic heterocycles. The van der Waals surface area contributed by atoms with Gasteiger partial charge in [0.15, 0.2) is 0 Å². The van der Waals surface area contributed by atoms with Gasteiger partial charge in [0, 0.05) is 6.42 Å². The van der Waals surface area contributed by atoms with Crippen molar-refractivity contribution in [1.29, 1.82) is 0 Å². The van der Waals surface area contributed by atoms with Gasteiger partial charge in [0.2, 0.25) is 5.91 Å². The lowest BCUT2D eigenvalue weighted by Gasteiger charge is -2.00. The van der Waals surface area contributed by atoms with E-state index >= 15 is 0 Å². The predicted molar refractivity (Wildman–Crippen MR) is 50.5 cm³/mol. The van der Waals surface area contributed by atoms with Crippen LogP contribution in [0.2, 0.25) is 5.02 Å². The van der Waals surface area contributed by atoms with Crippen molar-refractivity contribution in [1.82, 2.24) is 9.78 Å². The maximum absolute atomic E-state index is 10.5. The Morgan fingerprint density at radius 3 is 2.62 bits per heavy atom. The molecular weight excluding hydrogens is 190 g/mol. The summed E-state index contributed by atoms with van der Waals surface area (Å²) < 4.78 is 1.70. The molecule has 1 aromatic rings. The van der Waals surface area contributed by atoms with E-state index in [9.17, 15) is 4.79 Å². The molecule has 1 rings (SSSR count). The van der Waals surface area contributed by atoms with Gasteiger partial charge in [0.25, 0.3) is 0 Å². The number of amides is 1. The second kappa shape index (κ2) is 3.79. The molecule has 0 bridgehead atoms. The maximum Gasteiger partial charge on any atom is 0.219 e. The Morgan fingerprint density at radius 2 is 2.23 bits per heavy atom. The van der Waals surface area contributed by atoms with Crippen molar-refractivity contribution in [2.24, 2.45) is 5.73 Å². The van der Waals surface area contributed by atoms with Gasteiger partial charge in [-0.3, -0.25) is 9.48 Å². The second-order valence-corrected chi connectivity index (χ2v) is 3.30. The first-order valence-electron chi connectivity index (χ1n) is 4.00. The minimum Gasteiger partial charge on any atom is -0.370 e. The number of carbonyl (C=O) groups is 1. The van der Waals surface area contributed by atoms with Crippen molar-refractivity contribution in [3.63, 3.8) is 0 Å². The molecule has 1 aromatic heterocycles. The lowest BCUT2D eigenvalue weighted by Crippen LogP contribution is -2.15. The van der Waals surface area contributed by atoms with Gasteiger partial charge in [-0.05, 0) is 13.8 Å². The Morgan fingerprint density at radius 1 is 1.62 bits per heavy atom. The fourth-order valence-corrected chi connectivity index (χ4v) is 1.24. The lowest BCUT2D eigenvalue weighted by molar-refractivity contribution is -0.118. The zero-order chi connectivity index (χ0) is 10.0. The lowest BCUT2D eigenvalue weighted by atomic mass is 10.4. The van der Waals surface area contributed by atoms with Gasteiger partial charge in [-0.2, -0.15) is 5.10 Å². The third kappa shape index (κ3) is 2.21. The number of carbonyl (C=O) groups excluding carboxylic acids is 1. The second-order valence-electron chi connectivity index (χ2n) is 2.92. The Hall–Kier alpha value is -1.03. The van der Waals surface area contributed by atoms with Crippen LogP contribution in [0.3, 0.4) is 0 Å². The Bertz CT molecular complexity index is 332. The normalized spacial score (nSPS) is 10.4. The molecule has 5 heteroatoms. The van der Waals surface area contributed by atoms with E-state index in [-0.39, 0.29) is 12.3 Å². The molecule has 2 N–H and O–H groups in total. The van der Waals surface area contributed by atoms with Crippen molar-refractivity contribution in [3.05, 3.63) is 16.4 Å². The fraction of sp³-hybridized carbons (Fsp3) is 0.500. The first-order valence-corrected chi connectivity index (χ1v) is 4.38. The van der Waals surface area contributed by atoms with Gasteiger partial charge in [-0.1, -0.05) is 11.6 Å². The number of aryl methyl sites for hydroxylation is 2. The predicted octanol–water partition coefficient (Wildman–Crippen LogP) is 1.03. The molecule has 0 saturated carbocycles. The molecule has 13 heavy (non-hydrogen) atoms. The first-order chi connectivity index (χ1) is 6.02. The van der Waals surface area contributed by atoms with E-state index in [1.54, 1.807) is 4.68 Å². The van der Waals surface area contributed by atoms with Crippen LogP contribution in [0.1, 0.15) is 17.8 Å². The van der Waals surface area contributed by atoms with Crippen molar-refractivity contribution in [3.8, 4) is 0 Å². The van der Waals surface area contributed by atoms with Crippen LogP contribution in [0.25, 0.3) is 0 Å². The van der Waals surface area contributed by atoms with E-state index in [0.29, 0.717) is 11.6 Å². The summed E-state index contributed by atoms with van der Waals surface area (Å²) >= 11 is 5.91. The maximum atomic E-state index is 10.5. The van der Waals surface area contributed by atoms with Gasteiger partial charge >= 0.3 is 0 Å². The number of nitrogens with zero attached hydrogens (tertiary/aromatic N) is 2. The number of halogens is 1. The number of hydrogen-bond donors (Lipinski definition) is 1. The van der Waals surface area contributed by atoms with E-state index in [1.165, 1.54) is 0 Å². The Balaban J connectivity index is 2.78. The first kappa shape index (κ1) is 10.1. The van der Waals surface area contributed by atoms with Crippen LogP contribution in [0.5, 0.6) is 0 Å². The number of rotatable bonds is 3. The van der Waals surface area contributed by atoms with Gasteiger partial charge in [-0.25, -0.2) is 0 Å². The minimum atomic E-state index is -0.330. The third-order valence-corrected chi connectivity index (χ3v) is 2.41. The highest BCUT2D eigenvalue weighted by Gasteiger charge is 2.08. The number of nitrogens with two attached hydrogens (primary N) is 1. The molecule has 0 spiro atoms. The molecule has 4 nitrogen and oxygen atoms in total. The summed E-state index contributed by atoms with van der Waals surface area (Å²) in [5.74, 6) is -0.330. The highest BCUT2D eigenvalue weighted by Crippen LogP contribution is 2.18. The van der Waals surface area contributed by atoms with E-state index in [0.717, 1.165) is 11.4 Å². The van der Waals surface area contributed by atoms with Gasteiger partial charge < -0.3 is 5.73 Å². The summed E-state index contributed by atoms with van der Waals surface area (Å²) in [7, 11) is 0. The van der Waals surface area contributed by atoms with Crippen molar-refractivity contribution >= 4 is 17.5 Å². The quantitative estimate of drug-likeness (QED) is 0.794. The van der Waals surface area contributed by atoms with E-state index < -0.39 is 0 Å². The van der Waals surface area contributed by atoms with E-state index in [4.69, 9.17) is 17.3 Å². The Labute approximate surface area is 81.7 Å². The van der Waals surface area contributed by atoms with Crippen LogP contribution in [0.15, 0.2) is 0 Å². The van der Waals surface area contributed by atoms with Crippen LogP contribution >= 0.6 is 11.6 Å². The highest BCUT2D eigenvalue weighted by molar-refractivity contribution is 6.31. The number of hydrogen-bond acceptors (Lipinski definition) is 2. The Kier molecular flexibility index (Phi) is 2.93. The summed E-state index contributed by atoms with van der Waals surface area (Å²) in [5.41, 5.74) is 6.68. The molecule has 0 aromatic carbocycles. The number of aromatic nitrogens is 2. The average molecular weight is 202 g/mol. The highest BCUT2D eigenvalue weighted by atomic mass is 35.5. The van der Waals surface area contributed by atoms with Crippen LogP contribution < -0.4 is 5.73 Å². The van der Waals surface area contributed by atoms with Crippen molar-refractivity contribution in [2.45, 2.75) is 26.8 Å². The summed E-state index contributed by atoms with van der Waals surface area (Å²) in [6.07, 6.45) is 0.290. The molecule has 0 aliphatic rings. The molecule has 1 amide bonds. The zero-order valence-corrected chi connectivity index (χ0v) is 8.43. The topological polar surface area (TPSA) is 60.9 Å². The number of primary amides is 1. The van der Waals surface area contributed by atoms with Gasteiger partial charge in [0.1, 0.15) is 0 Å². The average Bonchev–Trinajstić information content (AvgIpc) is 2.29. The summed E-state index contributed by atoms with van der Waals surface area (Å²) in [6, 6.07) is 0. The van der Waals surface area contributed by atoms with E-state index in [1.807, 2.05) is 13.8 Å². The molecule has 0 radical (unpaired) electrons. The zero-order valence-electron chi connectivity index (χ0n) is 7.67. The smallest absolute Gasteiger partial charge is 0.219 e. The SMILES string of the molecule is Cc1nn(CCC(N)=O)c(C)c1Cl. The van der Waals surface area contributed by atoms with Crippen molar-refractivity contribution in [2.75, 3.05) is 0 Å². The molecule has 0 atom stereocenters. The standard InChI is InChI=1S/C8H12ClN3O/c1-5-8(9)6(2)12(11-5)4-3-7(10)13/h3-4H2,1-2H3,(H2,10,13). The van der Waals surface area contributed by atoms with Gasteiger partial charge in [-0.15, -0.1) is 0 Å². The molecule has 1 heterocycles. The largest absolute Gasteiger partial charge is 0.370 e. The molecule has 0 unspecified atom stereocenters. The fourth-order valence-electron chi connectivity index (χ4n) is 1.11.